The van der Waals surface area contributed by atoms with Crippen LogP contribution in [-0.2, 0) is 0 Å². The molecule has 5 heteroatoms. The Morgan fingerprint density at radius 2 is 2.11 bits per heavy atom. The number of carbonyl (C=O) groups is 1. The van der Waals surface area contributed by atoms with Crippen LogP contribution >= 0.6 is 54.5 Å². The van der Waals surface area contributed by atoms with Gasteiger partial charge < -0.3 is 5.32 Å². The minimum Gasteiger partial charge on any atom is -0.349 e. The number of nitrogens with one attached hydrogen (secondary N) is 1. The second-order valence-corrected chi connectivity index (χ2v) is 7.63. The average Bonchev–Trinajstić information content (AvgIpc) is 2.42. The zero-order valence-electron chi connectivity index (χ0n) is 10.5. The monoisotopic (exact) mass is 499 g/mol. The van der Waals surface area contributed by atoms with Crippen molar-refractivity contribution >= 4 is 60.4 Å². The van der Waals surface area contributed by atoms with Crippen LogP contribution < -0.4 is 5.32 Å². The first-order chi connectivity index (χ1) is 9.11. The van der Waals surface area contributed by atoms with Gasteiger partial charge in [-0.05, 0) is 59.5 Å². The van der Waals surface area contributed by atoms with Crippen LogP contribution in [0.15, 0.2) is 22.7 Å². The van der Waals surface area contributed by atoms with Crippen LogP contribution in [0.4, 0.5) is 0 Å². The summed E-state index contributed by atoms with van der Waals surface area (Å²) in [5, 5.41) is 4.18. The third-order valence-corrected chi connectivity index (χ3v) is 5.86. The summed E-state index contributed by atoms with van der Waals surface area (Å²) in [6.45, 7) is 0. The Kier molecular flexibility index (Phi) is 6.14. The van der Waals surface area contributed by atoms with E-state index in [0.717, 1.165) is 25.4 Å². The van der Waals surface area contributed by atoms with E-state index in [9.17, 15) is 4.79 Å². The molecule has 2 rings (SSSR count). The van der Waals surface area contributed by atoms with E-state index in [-0.39, 0.29) is 5.91 Å². The molecule has 0 saturated heterocycles. The summed E-state index contributed by atoms with van der Waals surface area (Å²) in [5.41, 5.74) is 0.758. The van der Waals surface area contributed by atoms with Crippen LogP contribution in [0.2, 0.25) is 0 Å². The van der Waals surface area contributed by atoms with E-state index >= 15 is 0 Å². The molecule has 1 saturated carbocycles. The molecule has 104 valence electrons. The van der Waals surface area contributed by atoms with Gasteiger partial charge in [-0.25, -0.2) is 0 Å². The third kappa shape index (κ3) is 4.17. The summed E-state index contributed by atoms with van der Waals surface area (Å²) in [7, 11) is 0. The molecule has 0 spiro atoms. The first-order valence-electron chi connectivity index (χ1n) is 6.43. The summed E-state index contributed by atoms with van der Waals surface area (Å²) in [6.07, 6.45) is 4.78. The van der Waals surface area contributed by atoms with Crippen molar-refractivity contribution in [3.05, 3.63) is 31.8 Å². The molecular weight excluding hydrogens is 485 g/mol. The highest BCUT2D eigenvalue weighted by atomic mass is 127. The lowest BCUT2D eigenvalue weighted by Gasteiger charge is -2.31. The molecule has 0 aromatic heterocycles. The molecular formula is C14H16Br2INO. The van der Waals surface area contributed by atoms with Crippen LogP contribution in [-0.4, -0.2) is 17.3 Å². The second-order valence-electron chi connectivity index (χ2n) is 4.90. The van der Waals surface area contributed by atoms with Crippen molar-refractivity contribution < 1.29 is 4.79 Å². The van der Waals surface area contributed by atoms with Crippen molar-refractivity contribution in [3.63, 3.8) is 0 Å². The molecule has 1 N–H and O–H groups in total. The lowest BCUT2D eigenvalue weighted by molar-refractivity contribution is 0.0910. The van der Waals surface area contributed by atoms with E-state index in [1.807, 2.05) is 18.2 Å². The molecule has 1 amide bonds. The smallest absolute Gasteiger partial charge is 0.252 e. The fourth-order valence-electron chi connectivity index (χ4n) is 2.50. The number of amides is 1. The predicted molar refractivity (Wildman–Crippen MR) is 93.9 cm³/mol. The van der Waals surface area contributed by atoms with Gasteiger partial charge in [0, 0.05) is 19.4 Å². The Bertz CT molecular complexity index is 467. The van der Waals surface area contributed by atoms with Gasteiger partial charge in [0.25, 0.3) is 5.91 Å². The van der Waals surface area contributed by atoms with E-state index in [1.54, 1.807) is 0 Å². The highest BCUT2D eigenvalue weighted by Crippen LogP contribution is 2.26. The fraction of sp³-hybridized carbons (Fsp3) is 0.500. The molecule has 0 radical (unpaired) electrons. The van der Waals surface area contributed by atoms with Crippen molar-refractivity contribution in [2.45, 2.75) is 31.7 Å². The summed E-state index contributed by atoms with van der Waals surface area (Å²) in [6, 6.07) is 6.11. The van der Waals surface area contributed by atoms with Gasteiger partial charge >= 0.3 is 0 Å². The number of alkyl halides is 1. The van der Waals surface area contributed by atoms with Gasteiger partial charge in [0.05, 0.1) is 5.56 Å². The topological polar surface area (TPSA) is 29.1 Å². The molecule has 0 heterocycles. The Hall–Kier alpha value is 0.380. The SMILES string of the molecule is O=C(NC1CCCCC1CBr)c1cc(Br)ccc1I. The van der Waals surface area contributed by atoms with Gasteiger partial charge in [0.1, 0.15) is 0 Å². The van der Waals surface area contributed by atoms with Crippen molar-refractivity contribution in [3.8, 4) is 0 Å². The summed E-state index contributed by atoms with van der Waals surface area (Å²) in [4.78, 5) is 12.4. The highest BCUT2D eigenvalue weighted by molar-refractivity contribution is 14.1. The van der Waals surface area contributed by atoms with Crippen molar-refractivity contribution in [2.75, 3.05) is 5.33 Å². The molecule has 0 bridgehead atoms. The number of hydrogen-bond donors (Lipinski definition) is 1. The van der Waals surface area contributed by atoms with E-state index in [0.29, 0.717) is 12.0 Å². The first kappa shape index (κ1) is 15.8. The normalized spacial score (nSPS) is 23.1. The fourth-order valence-corrected chi connectivity index (χ4v) is 4.22. The molecule has 0 aliphatic heterocycles. The number of hydrogen-bond acceptors (Lipinski definition) is 1. The Labute approximate surface area is 144 Å². The maximum absolute atomic E-state index is 12.4. The molecule has 19 heavy (non-hydrogen) atoms. The van der Waals surface area contributed by atoms with Crippen LogP contribution in [0, 0.1) is 9.49 Å². The minimum atomic E-state index is 0.0450. The molecule has 1 aromatic carbocycles. The molecule has 2 nitrogen and oxygen atoms in total. The summed E-state index contributed by atoms with van der Waals surface area (Å²) < 4.78 is 1.93. The van der Waals surface area contributed by atoms with Gasteiger partial charge in [0.15, 0.2) is 0 Å². The molecule has 1 aliphatic rings. The summed E-state index contributed by atoms with van der Waals surface area (Å²) in [5.74, 6) is 0.603. The Morgan fingerprint density at radius 1 is 1.37 bits per heavy atom. The number of carbonyl (C=O) groups excluding carboxylic acids is 1. The van der Waals surface area contributed by atoms with Gasteiger partial charge in [-0.1, -0.05) is 44.7 Å². The van der Waals surface area contributed by atoms with E-state index < -0.39 is 0 Å². The van der Waals surface area contributed by atoms with Crippen LogP contribution in [0.25, 0.3) is 0 Å². The quantitative estimate of drug-likeness (QED) is 0.471. The molecule has 2 unspecified atom stereocenters. The van der Waals surface area contributed by atoms with Crippen molar-refractivity contribution in [1.82, 2.24) is 5.32 Å². The molecule has 1 fully saturated rings. The van der Waals surface area contributed by atoms with Crippen molar-refractivity contribution in [1.29, 1.82) is 0 Å². The number of benzene rings is 1. The van der Waals surface area contributed by atoms with Crippen LogP contribution in [0.3, 0.4) is 0 Å². The zero-order valence-corrected chi connectivity index (χ0v) is 15.8. The average molecular weight is 501 g/mol. The zero-order chi connectivity index (χ0) is 13.8. The van der Waals surface area contributed by atoms with Gasteiger partial charge in [-0.2, -0.15) is 0 Å². The van der Waals surface area contributed by atoms with Gasteiger partial charge in [0.2, 0.25) is 0 Å². The van der Waals surface area contributed by atoms with Crippen LogP contribution in [0.5, 0.6) is 0 Å². The van der Waals surface area contributed by atoms with Crippen molar-refractivity contribution in [2.24, 2.45) is 5.92 Å². The largest absolute Gasteiger partial charge is 0.349 e. The molecule has 2 atom stereocenters. The number of rotatable bonds is 3. The third-order valence-electron chi connectivity index (χ3n) is 3.60. The standard InChI is InChI=1S/C14H16Br2INO/c15-8-9-3-1-2-4-13(9)18-14(19)11-7-10(16)5-6-12(11)17/h5-7,9,13H,1-4,8H2,(H,18,19). The summed E-state index contributed by atoms with van der Waals surface area (Å²) >= 11 is 9.20. The van der Waals surface area contributed by atoms with E-state index in [2.05, 4.69) is 59.8 Å². The van der Waals surface area contributed by atoms with Crippen LogP contribution in [0.1, 0.15) is 36.0 Å². The Balaban J connectivity index is 2.09. The van der Waals surface area contributed by atoms with Gasteiger partial charge in [-0.3, -0.25) is 4.79 Å². The molecule has 1 aromatic rings. The van der Waals surface area contributed by atoms with E-state index in [1.165, 1.54) is 19.3 Å². The predicted octanol–water partition coefficient (Wildman–Crippen LogP) is 4.74. The maximum atomic E-state index is 12.4. The van der Waals surface area contributed by atoms with E-state index in [4.69, 9.17) is 0 Å². The minimum absolute atomic E-state index is 0.0450. The molecule has 1 aliphatic carbocycles. The van der Waals surface area contributed by atoms with Gasteiger partial charge in [-0.15, -0.1) is 0 Å². The second kappa shape index (κ2) is 7.41. The Morgan fingerprint density at radius 3 is 2.84 bits per heavy atom. The number of halogens is 3. The lowest BCUT2D eigenvalue weighted by atomic mass is 9.86. The lowest BCUT2D eigenvalue weighted by Crippen LogP contribution is -2.43. The maximum Gasteiger partial charge on any atom is 0.252 e. The highest BCUT2D eigenvalue weighted by Gasteiger charge is 2.26. The first-order valence-corrected chi connectivity index (χ1v) is 9.43.